The molecule has 2 saturated heterocycles. The van der Waals surface area contributed by atoms with Gasteiger partial charge in [0.05, 0.1) is 13.2 Å². The fraction of sp³-hybridized carbons (Fsp3) is 0.857. The van der Waals surface area contributed by atoms with Gasteiger partial charge in [-0.15, -0.1) is 0 Å². The number of carbonyl (C=O) groups is 2. The molecule has 2 aliphatic rings. The summed E-state index contributed by atoms with van der Waals surface area (Å²) in [5.74, 6) is -0.424. The molecule has 2 rings (SSSR count). The topological polar surface area (TPSA) is 82.1 Å². The third kappa shape index (κ3) is 4.86. The summed E-state index contributed by atoms with van der Waals surface area (Å²) >= 11 is 0. The van der Waals surface area contributed by atoms with Crippen LogP contribution in [-0.4, -0.2) is 78.9 Å². The van der Waals surface area contributed by atoms with Crippen molar-refractivity contribution in [1.82, 2.24) is 15.1 Å². The van der Waals surface area contributed by atoms with Gasteiger partial charge >= 0.3 is 12.0 Å². The van der Waals surface area contributed by atoms with Crippen LogP contribution in [-0.2, 0) is 9.53 Å². The quantitative estimate of drug-likeness (QED) is 0.775. The molecule has 7 nitrogen and oxygen atoms in total. The monoisotopic (exact) mass is 299 g/mol. The molecule has 120 valence electrons. The Kier molecular flexibility index (Phi) is 5.81. The Morgan fingerprint density at radius 3 is 2.81 bits per heavy atom. The number of nitrogens with one attached hydrogen (secondary N) is 1. The molecule has 2 fully saturated rings. The lowest BCUT2D eigenvalue weighted by atomic mass is 10.0. The normalized spacial score (nSPS) is 25.4. The molecule has 2 N–H and O–H groups in total. The van der Waals surface area contributed by atoms with E-state index in [9.17, 15) is 9.59 Å². The van der Waals surface area contributed by atoms with Gasteiger partial charge in [-0.05, 0) is 19.8 Å². The van der Waals surface area contributed by atoms with Crippen molar-refractivity contribution in [3.05, 3.63) is 0 Å². The van der Waals surface area contributed by atoms with E-state index in [0.717, 1.165) is 26.0 Å². The van der Waals surface area contributed by atoms with Gasteiger partial charge in [-0.3, -0.25) is 9.69 Å². The first-order valence-corrected chi connectivity index (χ1v) is 7.63. The molecule has 2 aliphatic heterocycles. The van der Waals surface area contributed by atoms with Crippen molar-refractivity contribution in [3.63, 3.8) is 0 Å². The molecule has 0 aromatic heterocycles. The Bertz CT molecular complexity index is 371. The lowest BCUT2D eigenvalue weighted by molar-refractivity contribution is -0.138. The number of carboxylic acids is 1. The van der Waals surface area contributed by atoms with Gasteiger partial charge in [-0.25, -0.2) is 4.79 Å². The summed E-state index contributed by atoms with van der Waals surface area (Å²) in [7, 11) is 0. The van der Waals surface area contributed by atoms with Crippen LogP contribution >= 0.6 is 0 Å². The number of urea groups is 1. The number of rotatable bonds is 4. The van der Waals surface area contributed by atoms with Crippen LogP contribution in [0.25, 0.3) is 0 Å². The van der Waals surface area contributed by atoms with Crippen LogP contribution in [0.15, 0.2) is 0 Å². The molecule has 2 unspecified atom stereocenters. The predicted molar refractivity (Wildman–Crippen MR) is 77.2 cm³/mol. The van der Waals surface area contributed by atoms with Crippen molar-refractivity contribution in [2.24, 2.45) is 5.92 Å². The van der Waals surface area contributed by atoms with Crippen molar-refractivity contribution in [2.45, 2.75) is 25.8 Å². The third-order valence-corrected chi connectivity index (χ3v) is 4.26. The molecule has 2 heterocycles. The van der Waals surface area contributed by atoms with E-state index in [0.29, 0.717) is 32.2 Å². The molecular weight excluding hydrogens is 274 g/mol. The van der Waals surface area contributed by atoms with Gasteiger partial charge in [-0.1, -0.05) is 0 Å². The van der Waals surface area contributed by atoms with E-state index in [1.54, 1.807) is 4.90 Å². The van der Waals surface area contributed by atoms with E-state index in [1.807, 2.05) is 11.8 Å². The van der Waals surface area contributed by atoms with Crippen molar-refractivity contribution in [3.8, 4) is 0 Å². The molecule has 0 aromatic rings. The summed E-state index contributed by atoms with van der Waals surface area (Å²) in [5.41, 5.74) is 0. The molecule has 2 amide bonds. The van der Waals surface area contributed by atoms with Gasteiger partial charge < -0.3 is 20.1 Å². The molecular formula is C14H25N3O4. The van der Waals surface area contributed by atoms with Gasteiger partial charge in [0.25, 0.3) is 0 Å². The Hall–Kier alpha value is -1.34. The van der Waals surface area contributed by atoms with Crippen molar-refractivity contribution >= 4 is 12.0 Å². The zero-order valence-corrected chi connectivity index (χ0v) is 12.6. The van der Waals surface area contributed by atoms with Gasteiger partial charge in [-0.2, -0.15) is 0 Å². The van der Waals surface area contributed by atoms with Crippen LogP contribution in [0.4, 0.5) is 4.79 Å². The molecule has 0 radical (unpaired) electrons. The smallest absolute Gasteiger partial charge is 0.317 e. The zero-order chi connectivity index (χ0) is 15.2. The van der Waals surface area contributed by atoms with Crippen molar-refractivity contribution in [2.75, 3.05) is 45.9 Å². The zero-order valence-electron chi connectivity index (χ0n) is 12.6. The van der Waals surface area contributed by atoms with E-state index >= 15 is 0 Å². The summed E-state index contributed by atoms with van der Waals surface area (Å²) in [6, 6.07) is 0.0601. The first kappa shape index (κ1) is 16.0. The first-order valence-electron chi connectivity index (χ1n) is 7.63. The van der Waals surface area contributed by atoms with Crippen LogP contribution in [0.3, 0.4) is 0 Å². The maximum absolute atomic E-state index is 12.3. The highest BCUT2D eigenvalue weighted by Crippen LogP contribution is 2.16. The van der Waals surface area contributed by atoms with Crippen LogP contribution in [0.2, 0.25) is 0 Å². The van der Waals surface area contributed by atoms with E-state index in [-0.39, 0.29) is 18.6 Å². The van der Waals surface area contributed by atoms with Crippen LogP contribution in [0, 0.1) is 5.92 Å². The van der Waals surface area contributed by atoms with Crippen LogP contribution < -0.4 is 5.32 Å². The Labute approximate surface area is 125 Å². The van der Waals surface area contributed by atoms with E-state index in [1.165, 1.54) is 0 Å². The number of hydrogen-bond acceptors (Lipinski definition) is 4. The highest BCUT2D eigenvalue weighted by molar-refractivity contribution is 5.74. The first-order chi connectivity index (χ1) is 10.1. The molecule has 0 aliphatic carbocycles. The number of nitrogens with zero attached hydrogens (tertiary/aromatic N) is 2. The molecule has 21 heavy (non-hydrogen) atoms. The predicted octanol–water partition coefficient (Wildman–Crippen LogP) is 0.213. The number of carboxylic acid groups (broad SMARTS) is 1. The Balaban J connectivity index is 1.78. The highest BCUT2D eigenvalue weighted by Gasteiger charge is 2.26. The number of ether oxygens (including phenoxy) is 1. The molecule has 0 saturated carbocycles. The summed E-state index contributed by atoms with van der Waals surface area (Å²) in [6.07, 6.45) is 1.80. The largest absolute Gasteiger partial charge is 0.480 e. The summed E-state index contributed by atoms with van der Waals surface area (Å²) in [4.78, 5) is 26.7. The lowest BCUT2D eigenvalue weighted by Gasteiger charge is -2.26. The molecule has 7 heteroatoms. The van der Waals surface area contributed by atoms with Crippen molar-refractivity contribution < 1.29 is 19.4 Å². The maximum Gasteiger partial charge on any atom is 0.317 e. The highest BCUT2D eigenvalue weighted by atomic mass is 16.5. The second kappa shape index (κ2) is 7.61. The summed E-state index contributed by atoms with van der Waals surface area (Å²) in [5, 5.41) is 11.9. The minimum atomic E-state index is -0.817. The number of amides is 2. The average Bonchev–Trinajstić information content (AvgIpc) is 2.86. The minimum Gasteiger partial charge on any atom is -0.480 e. The molecule has 0 aromatic carbocycles. The van der Waals surface area contributed by atoms with Gasteiger partial charge in [0.15, 0.2) is 0 Å². The fourth-order valence-electron chi connectivity index (χ4n) is 2.87. The third-order valence-electron chi connectivity index (χ3n) is 4.26. The number of aliphatic carboxylic acids is 1. The van der Waals surface area contributed by atoms with E-state index in [4.69, 9.17) is 9.84 Å². The second-order valence-electron chi connectivity index (χ2n) is 5.87. The second-order valence-corrected chi connectivity index (χ2v) is 5.87. The SMILES string of the molecule is CC(NC(=O)N1CCCN(CC(=O)O)CC1)C1CCOC1. The minimum absolute atomic E-state index is 0.0469. The number of carbonyl (C=O) groups excluding carboxylic acids is 1. The van der Waals surface area contributed by atoms with Gasteiger partial charge in [0, 0.05) is 44.7 Å². The molecule has 2 atom stereocenters. The van der Waals surface area contributed by atoms with Gasteiger partial charge in [0.2, 0.25) is 0 Å². The average molecular weight is 299 g/mol. The van der Waals surface area contributed by atoms with E-state index in [2.05, 4.69) is 5.32 Å². The van der Waals surface area contributed by atoms with E-state index < -0.39 is 5.97 Å². The summed E-state index contributed by atoms with van der Waals surface area (Å²) in [6.45, 7) is 6.15. The van der Waals surface area contributed by atoms with Crippen LogP contribution in [0.1, 0.15) is 19.8 Å². The van der Waals surface area contributed by atoms with Crippen molar-refractivity contribution in [1.29, 1.82) is 0 Å². The maximum atomic E-state index is 12.3. The lowest BCUT2D eigenvalue weighted by Crippen LogP contribution is -2.47. The fourth-order valence-corrected chi connectivity index (χ4v) is 2.87. The Morgan fingerprint density at radius 1 is 1.33 bits per heavy atom. The molecule has 0 bridgehead atoms. The van der Waals surface area contributed by atoms with Crippen LogP contribution in [0.5, 0.6) is 0 Å². The Morgan fingerprint density at radius 2 is 2.14 bits per heavy atom. The molecule has 0 spiro atoms. The van der Waals surface area contributed by atoms with Gasteiger partial charge in [0.1, 0.15) is 0 Å². The standard InChI is InChI=1S/C14H25N3O4/c1-11(12-3-8-21-10-12)15-14(20)17-5-2-4-16(6-7-17)9-13(18)19/h11-12H,2-10H2,1H3,(H,15,20)(H,18,19). The number of hydrogen-bond donors (Lipinski definition) is 2. The summed E-state index contributed by atoms with van der Waals surface area (Å²) < 4.78 is 5.35.